The Morgan fingerprint density at radius 3 is 2.70 bits per heavy atom. The van der Waals surface area contributed by atoms with E-state index >= 15 is 0 Å². The number of phenolic OH excluding ortho intramolecular Hbond substituents is 1. The number of hydrogen-bond acceptors (Lipinski definition) is 5. The molecule has 1 aliphatic heterocycles. The molecule has 0 saturated carbocycles. The molecule has 0 atom stereocenters. The summed E-state index contributed by atoms with van der Waals surface area (Å²) < 4.78 is 0. The van der Waals surface area contributed by atoms with Gasteiger partial charge in [-0.1, -0.05) is 23.2 Å². The second-order valence-electron chi connectivity index (χ2n) is 4.19. The van der Waals surface area contributed by atoms with E-state index in [4.69, 9.17) is 23.2 Å². The lowest BCUT2D eigenvalue weighted by atomic mass is 10.2. The minimum Gasteiger partial charge on any atom is -0.506 e. The number of hydrogen-bond donors (Lipinski definition) is 4. The van der Waals surface area contributed by atoms with E-state index in [-0.39, 0.29) is 10.8 Å². The Labute approximate surface area is 125 Å². The molecular formula is C13H10Cl2N4O. The van der Waals surface area contributed by atoms with Gasteiger partial charge >= 0.3 is 0 Å². The molecule has 1 aliphatic rings. The van der Waals surface area contributed by atoms with Crippen LogP contribution in [0.3, 0.4) is 0 Å². The third-order valence-electron chi connectivity index (χ3n) is 2.81. The fourth-order valence-electron chi connectivity index (χ4n) is 1.82. The highest BCUT2D eigenvalue weighted by atomic mass is 35.5. The molecule has 0 bridgehead atoms. The summed E-state index contributed by atoms with van der Waals surface area (Å²) in [5.74, 6) is -0.0394. The molecule has 102 valence electrons. The molecule has 3 rings (SSSR count). The largest absolute Gasteiger partial charge is 0.506 e. The maximum Gasteiger partial charge on any atom is 0.143 e. The van der Waals surface area contributed by atoms with E-state index in [0.717, 1.165) is 17.1 Å². The quantitative estimate of drug-likeness (QED) is 0.638. The van der Waals surface area contributed by atoms with Crippen molar-refractivity contribution in [1.29, 1.82) is 0 Å². The van der Waals surface area contributed by atoms with Gasteiger partial charge in [0.25, 0.3) is 0 Å². The number of anilines is 2. The maximum atomic E-state index is 9.84. The first-order valence-electron chi connectivity index (χ1n) is 5.76. The zero-order valence-electron chi connectivity index (χ0n) is 10.1. The number of rotatable bonds is 2. The summed E-state index contributed by atoms with van der Waals surface area (Å²) in [6.07, 6.45) is 1.52. The van der Waals surface area contributed by atoms with Crippen molar-refractivity contribution in [1.82, 2.24) is 5.53 Å². The first-order valence-corrected chi connectivity index (χ1v) is 6.52. The van der Waals surface area contributed by atoms with E-state index in [2.05, 4.69) is 21.4 Å². The van der Waals surface area contributed by atoms with Crippen LogP contribution in [0, 0.1) is 0 Å². The lowest BCUT2D eigenvalue weighted by Gasteiger charge is -2.03. The zero-order valence-corrected chi connectivity index (χ0v) is 11.6. The van der Waals surface area contributed by atoms with Crippen molar-refractivity contribution < 1.29 is 5.11 Å². The third kappa shape index (κ3) is 2.51. The maximum absolute atomic E-state index is 9.84. The summed E-state index contributed by atoms with van der Waals surface area (Å²) in [6, 6.07) is 8.68. The number of aromatic hydroxyl groups is 1. The van der Waals surface area contributed by atoms with Crippen LogP contribution in [-0.2, 0) is 0 Å². The van der Waals surface area contributed by atoms with Crippen LogP contribution >= 0.6 is 23.2 Å². The highest BCUT2D eigenvalue weighted by Crippen LogP contribution is 2.31. The summed E-state index contributed by atoms with van der Waals surface area (Å²) in [4.78, 5) is 4.30. The first-order chi connectivity index (χ1) is 9.63. The van der Waals surface area contributed by atoms with E-state index in [0.29, 0.717) is 10.6 Å². The molecule has 0 aromatic heterocycles. The molecule has 1 heterocycles. The molecule has 0 radical (unpaired) electrons. The van der Waals surface area contributed by atoms with Crippen molar-refractivity contribution in [2.45, 2.75) is 0 Å². The molecule has 4 N–H and O–H groups in total. The molecule has 0 aliphatic carbocycles. The lowest BCUT2D eigenvalue weighted by molar-refractivity contribution is 0.475. The molecule has 0 unspecified atom stereocenters. The highest BCUT2D eigenvalue weighted by molar-refractivity contribution is 6.36. The van der Waals surface area contributed by atoms with Crippen molar-refractivity contribution in [2.24, 2.45) is 4.99 Å². The van der Waals surface area contributed by atoms with Crippen LogP contribution in [0.4, 0.5) is 17.1 Å². The van der Waals surface area contributed by atoms with Gasteiger partial charge in [0.2, 0.25) is 0 Å². The van der Waals surface area contributed by atoms with Crippen LogP contribution in [0.1, 0.15) is 5.56 Å². The average molecular weight is 309 g/mol. The Morgan fingerprint density at radius 2 is 1.85 bits per heavy atom. The Balaban J connectivity index is 1.91. The Bertz CT molecular complexity index is 703. The van der Waals surface area contributed by atoms with E-state index in [1.807, 2.05) is 18.2 Å². The molecule has 2 aromatic rings. The minimum atomic E-state index is -0.0394. The van der Waals surface area contributed by atoms with Crippen molar-refractivity contribution >= 4 is 46.5 Å². The normalized spacial score (nSPS) is 13.1. The fourth-order valence-corrected chi connectivity index (χ4v) is 2.33. The van der Waals surface area contributed by atoms with Gasteiger partial charge in [-0.25, -0.2) is 0 Å². The summed E-state index contributed by atoms with van der Waals surface area (Å²) >= 11 is 11.8. The van der Waals surface area contributed by atoms with E-state index in [1.165, 1.54) is 12.3 Å². The van der Waals surface area contributed by atoms with Crippen LogP contribution in [0.2, 0.25) is 10.0 Å². The van der Waals surface area contributed by atoms with Gasteiger partial charge < -0.3 is 16.0 Å². The molecule has 5 nitrogen and oxygen atoms in total. The Morgan fingerprint density at radius 1 is 1.05 bits per heavy atom. The van der Waals surface area contributed by atoms with Gasteiger partial charge in [-0.05, 0) is 30.3 Å². The second kappa shape index (κ2) is 5.20. The van der Waals surface area contributed by atoms with Crippen LogP contribution < -0.4 is 16.4 Å². The van der Waals surface area contributed by atoms with Gasteiger partial charge in [0.15, 0.2) is 0 Å². The van der Waals surface area contributed by atoms with E-state index in [9.17, 15) is 5.11 Å². The van der Waals surface area contributed by atoms with Crippen LogP contribution in [0.5, 0.6) is 5.75 Å². The lowest BCUT2D eigenvalue weighted by Crippen LogP contribution is -2.19. The van der Waals surface area contributed by atoms with Crippen molar-refractivity contribution in [3.63, 3.8) is 0 Å². The van der Waals surface area contributed by atoms with Crippen molar-refractivity contribution in [3.8, 4) is 5.75 Å². The van der Waals surface area contributed by atoms with Crippen molar-refractivity contribution in [2.75, 3.05) is 10.9 Å². The monoisotopic (exact) mass is 308 g/mol. The Hall–Kier alpha value is -1.95. The van der Waals surface area contributed by atoms with Gasteiger partial charge in [-0.15, -0.1) is 5.53 Å². The molecule has 2 aromatic carbocycles. The number of hydrazine groups is 2. The number of halogens is 2. The molecule has 7 heteroatoms. The summed E-state index contributed by atoms with van der Waals surface area (Å²) in [7, 11) is 0. The summed E-state index contributed by atoms with van der Waals surface area (Å²) in [6.45, 7) is 0. The Kier molecular flexibility index (Phi) is 3.40. The van der Waals surface area contributed by atoms with Crippen LogP contribution in [0.25, 0.3) is 0 Å². The topological polar surface area (TPSA) is 68.7 Å². The van der Waals surface area contributed by atoms with Crippen molar-refractivity contribution in [3.05, 3.63) is 45.9 Å². The number of nitrogens with zero attached hydrogens (tertiary/aromatic N) is 1. The first kappa shape index (κ1) is 13.1. The molecule has 0 amide bonds. The molecule has 0 spiro atoms. The molecule has 0 fully saturated rings. The van der Waals surface area contributed by atoms with Crippen LogP contribution in [0.15, 0.2) is 35.3 Å². The smallest absolute Gasteiger partial charge is 0.143 e. The standard InChI is InChI=1S/C13H10Cl2N4O/c14-8-3-7(13(20)10(15)4-8)6-16-9-1-2-11-12(5-9)18-19-17-11/h1-6,17-20H/b16-6+. The molecular weight excluding hydrogens is 299 g/mol. The predicted octanol–water partition coefficient (Wildman–Crippen LogP) is 3.71. The third-order valence-corrected chi connectivity index (χ3v) is 3.31. The fraction of sp³-hybridized carbons (Fsp3) is 0. The van der Waals surface area contributed by atoms with Crippen LogP contribution in [-0.4, -0.2) is 11.3 Å². The van der Waals surface area contributed by atoms with E-state index in [1.54, 1.807) is 6.07 Å². The SMILES string of the molecule is Oc1c(Cl)cc(Cl)cc1/C=N/c1ccc2c(c1)NNN2. The number of phenols is 1. The highest BCUT2D eigenvalue weighted by Gasteiger charge is 2.09. The number of benzene rings is 2. The summed E-state index contributed by atoms with van der Waals surface area (Å²) in [5, 5.41) is 10.5. The zero-order chi connectivity index (χ0) is 14.1. The molecule has 0 saturated heterocycles. The number of fused-ring (bicyclic) bond motifs is 1. The second-order valence-corrected chi connectivity index (χ2v) is 5.03. The van der Waals surface area contributed by atoms with E-state index < -0.39 is 0 Å². The van der Waals surface area contributed by atoms with Gasteiger partial charge in [-0.3, -0.25) is 4.99 Å². The molecule has 20 heavy (non-hydrogen) atoms. The number of aliphatic imine (C=N–C) groups is 1. The average Bonchev–Trinajstić information content (AvgIpc) is 2.88. The number of nitrogens with one attached hydrogen (secondary N) is 3. The van der Waals surface area contributed by atoms with Gasteiger partial charge in [0.05, 0.1) is 22.1 Å². The van der Waals surface area contributed by atoms with Gasteiger partial charge in [0.1, 0.15) is 5.75 Å². The summed E-state index contributed by atoms with van der Waals surface area (Å²) in [5.41, 5.74) is 11.7. The van der Waals surface area contributed by atoms with Gasteiger partial charge in [-0.2, -0.15) is 0 Å². The predicted molar refractivity (Wildman–Crippen MR) is 82.2 cm³/mol. The van der Waals surface area contributed by atoms with Gasteiger partial charge in [0, 0.05) is 16.8 Å². The minimum absolute atomic E-state index is 0.0394.